The van der Waals surface area contributed by atoms with Crippen LogP contribution in [-0.2, 0) is 9.47 Å². The van der Waals surface area contributed by atoms with Gasteiger partial charge in [0.25, 0.3) is 0 Å². The van der Waals surface area contributed by atoms with Gasteiger partial charge in [0.2, 0.25) is 0 Å². The smallest absolute Gasteiger partial charge is 0.0704 e. The first-order valence-corrected chi connectivity index (χ1v) is 5.62. The third-order valence-corrected chi connectivity index (χ3v) is 2.33. The lowest BCUT2D eigenvalue weighted by atomic mass is 10.1. The third kappa shape index (κ3) is 6.35. The Morgan fingerprint density at radius 2 is 1.86 bits per heavy atom. The van der Waals surface area contributed by atoms with E-state index in [4.69, 9.17) is 9.47 Å². The summed E-state index contributed by atoms with van der Waals surface area (Å²) in [6.07, 6.45) is 2.42. The van der Waals surface area contributed by atoms with E-state index < -0.39 is 0 Å². The van der Waals surface area contributed by atoms with Crippen molar-refractivity contribution in [2.75, 3.05) is 26.9 Å². The molecule has 86 valence electrons. The number of rotatable bonds is 9. The molecule has 3 nitrogen and oxygen atoms in total. The fourth-order valence-corrected chi connectivity index (χ4v) is 1.43. The van der Waals surface area contributed by atoms with Crippen LogP contribution in [0, 0.1) is 0 Å². The third-order valence-electron chi connectivity index (χ3n) is 2.33. The summed E-state index contributed by atoms with van der Waals surface area (Å²) in [4.78, 5) is 0. The summed E-state index contributed by atoms with van der Waals surface area (Å²) in [5.74, 6) is 0. The maximum atomic E-state index is 5.64. The highest BCUT2D eigenvalue weighted by Crippen LogP contribution is 2.02. The van der Waals surface area contributed by atoms with Crippen LogP contribution in [0.5, 0.6) is 0 Å². The van der Waals surface area contributed by atoms with Crippen molar-refractivity contribution in [3.8, 4) is 0 Å². The van der Waals surface area contributed by atoms with Crippen molar-refractivity contribution in [2.24, 2.45) is 0 Å². The van der Waals surface area contributed by atoms with Gasteiger partial charge in [0.05, 0.1) is 19.3 Å². The first-order valence-electron chi connectivity index (χ1n) is 5.62. The second-order valence-corrected chi connectivity index (χ2v) is 3.49. The Kier molecular flexibility index (Phi) is 9.35. The van der Waals surface area contributed by atoms with Gasteiger partial charge in [0, 0.05) is 12.6 Å². The maximum absolute atomic E-state index is 5.64. The number of ether oxygens (including phenoxy) is 2. The van der Waals surface area contributed by atoms with Crippen molar-refractivity contribution in [3.63, 3.8) is 0 Å². The van der Waals surface area contributed by atoms with Gasteiger partial charge >= 0.3 is 0 Å². The number of likely N-dealkylation sites (N-methyl/N-ethyl adjacent to an activating group) is 1. The minimum atomic E-state index is 0.259. The fraction of sp³-hybridized carbons (Fsp3) is 1.00. The Morgan fingerprint density at radius 1 is 1.14 bits per heavy atom. The van der Waals surface area contributed by atoms with Crippen molar-refractivity contribution in [2.45, 2.75) is 45.8 Å². The van der Waals surface area contributed by atoms with Gasteiger partial charge in [-0.15, -0.1) is 0 Å². The minimum absolute atomic E-state index is 0.259. The van der Waals surface area contributed by atoms with Crippen LogP contribution in [0.15, 0.2) is 0 Å². The van der Waals surface area contributed by atoms with Crippen LogP contribution in [0.1, 0.15) is 33.6 Å². The van der Waals surface area contributed by atoms with Crippen LogP contribution in [0.2, 0.25) is 0 Å². The molecule has 0 aromatic carbocycles. The van der Waals surface area contributed by atoms with Crippen molar-refractivity contribution >= 4 is 0 Å². The lowest BCUT2D eigenvalue weighted by Crippen LogP contribution is -2.37. The van der Waals surface area contributed by atoms with Gasteiger partial charge in [0.1, 0.15) is 0 Å². The van der Waals surface area contributed by atoms with Crippen molar-refractivity contribution in [1.82, 2.24) is 5.32 Å². The Balaban J connectivity index is 3.37. The van der Waals surface area contributed by atoms with Crippen LogP contribution in [-0.4, -0.2) is 39.0 Å². The van der Waals surface area contributed by atoms with Gasteiger partial charge in [-0.25, -0.2) is 0 Å². The molecule has 0 heterocycles. The van der Waals surface area contributed by atoms with E-state index in [-0.39, 0.29) is 6.10 Å². The van der Waals surface area contributed by atoms with Crippen LogP contribution < -0.4 is 5.32 Å². The molecule has 1 N–H and O–H groups in total. The van der Waals surface area contributed by atoms with Gasteiger partial charge in [0.15, 0.2) is 0 Å². The van der Waals surface area contributed by atoms with Gasteiger partial charge in [-0.2, -0.15) is 0 Å². The van der Waals surface area contributed by atoms with Gasteiger partial charge < -0.3 is 14.8 Å². The first kappa shape index (κ1) is 13.9. The Morgan fingerprint density at radius 3 is 2.36 bits per heavy atom. The van der Waals surface area contributed by atoms with E-state index in [0.29, 0.717) is 19.3 Å². The summed E-state index contributed by atoms with van der Waals surface area (Å²) >= 11 is 0. The minimum Gasteiger partial charge on any atom is -0.379 e. The van der Waals surface area contributed by atoms with Crippen LogP contribution in [0.3, 0.4) is 0 Å². The zero-order valence-corrected chi connectivity index (χ0v) is 10.0. The molecule has 2 atom stereocenters. The molecular weight excluding hydrogens is 178 g/mol. The molecule has 0 aromatic heterocycles. The van der Waals surface area contributed by atoms with E-state index in [1.807, 2.05) is 7.05 Å². The molecular formula is C11H25NO2. The highest BCUT2D eigenvalue weighted by molar-refractivity contribution is 4.69. The molecule has 0 aliphatic rings. The second-order valence-electron chi connectivity index (χ2n) is 3.49. The average Bonchev–Trinajstić information content (AvgIpc) is 2.19. The van der Waals surface area contributed by atoms with E-state index in [2.05, 4.69) is 26.1 Å². The van der Waals surface area contributed by atoms with E-state index in [1.54, 1.807) is 0 Å². The number of nitrogens with one attached hydrogen (secondary N) is 1. The summed E-state index contributed by atoms with van der Waals surface area (Å²) in [5.41, 5.74) is 0. The zero-order chi connectivity index (χ0) is 10.8. The molecule has 14 heavy (non-hydrogen) atoms. The first-order chi connectivity index (χ1) is 6.76. The van der Waals surface area contributed by atoms with Crippen LogP contribution >= 0.6 is 0 Å². The van der Waals surface area contributed by atoms with E-state index in [1.165, 1.54) is 0 Å². The van der Waals surface area contributed by atoms with Gasteiger partial charge in [-0.3, -0.25) is 0 Å². The quantitative estimate of drug-likeness (QED) is 0.580. The van der Waals surface area contributed by atoms with Gasteiger partial charge in [-0.05, 0) is 26.8 Å². The summed E-state index contributed by atoms with van der Waals surface area (Å²) in [6, 6.07) is 0.446. The maximum Gasteiger partial charge on any atom is 0.0704 e. The molecule has 0 saturated heterocycles. The number of hydrogen-bond donors (Lipinski definition) is 1. The lowest BCUT2D eigenvalue weighted by Gasteiger charge is -2.22. The predicted molar refractivity (Wildman–Crippen MR) is 59.7 cm³/mol. The highest BCUT2D eigenvalue weighted by atomic mass is 16.5. The average molecular weight is 203 g/mol. The molecule has 0 aliphatic carbocycles. The van der Waals surface area contributed by atoms with Crippen LogP contribution in [0.25, 0.3) is 0 Å². The van der Waals surface area contributed by atoms with Crippen molar-refractivity contribution in [3.05, 3.63) is 0 Å². The monoisotopic (exact) mass is 203 g/mol. The highest BCUT2D eigenvalue weighted by Gasteiger charge is 2.12. The summed E-state index contributed by atoms with van der Waals surface area (Å²) in [5, 5.41) is 3.24. The molecule has 0 amide bonds. The van der Waals surface area contributed by atoms with Crippen LogP contribution in [0.4, 0.5) is 0 Å². The largest absolute Gasteiger partial charge is 0.379 e. The Labute approximate surface area is 88.2 Å². The zero-order valence-electron chi connectivity index (χ0n) is 10.0. The molecule has 2 unspecified atom stereocenters. The van der Waals surface area contributed by atoms with E-state index >= 15 is 0 Å². The number of hydrogen-bond acceptors (Lipinski definition) is 3. The van der Waals surface area contributed by atoms with Crippen molar-refractivity contribution in [1.29, 1.82) is 0 Å². The summed E-state index contributed by atoms with van der Waals surface area (Å²) in [7, 11) is 1.97. The molecule has 0 spiro atoms. The Bertz CT molecular complexity index is 116. The predicted octanol–water partition coefficient (Wildman–Crippen LogP) is 1.82. The summed E-state index contributed by atoms with van der Waals surface area (Å²) in [6.45, 7) is 8.61. The lowest BCUT2D eigenvalue weighted by molar-refractivity contribution is -0.00243. The normalized spacial score (nSPS) is 15.4. The molecule has 3 heteroatoms. The molecule has 0 aliphatic heterocycles. The summed E-state index contributed by atoms with van der Waals surface area (Å²) < 4.78 is 11.0. The Hall–Kier alpha value is -0.120. The molecule has 0 saturated carbocycles. The fourth-order valence-electron chi connectivity index (χ4n) is 1.43. The second kappa shape index (κ2) is 9.44. The van der Waals surface area contributed by atoms with Gasteiger partial charge in [-0.1, -0.05) is 13.8 Å². The molecule has 0 fully saturated rings. The molecule has 0 bridgehead atoms. The topological polar surface area (TPSA) is 30.5 Å². The molecule has 0 aromatic rings. The molecule has 0 radical (unpaired) electrons. The van der Waals surface area contributed by atoms with Crippen molar-refractivity contribution < 1.29 is 9.47 Å². The van der Waals surface area contributed by atoms with E-state index in [0.717, 1.165) is 19.4 Å². The standard InChI is InChI=1S/C11H25NO2/c1-5-7-13-8-9-14-10(3)11(6-2)12-4/h10-12H,5-9H2,1-4H3. The van der Waals surface area contributed by atoms with E-state index in [9.17, 15) is 0 Å². The SMILES string of the molecule is CCCOCCOC(C)C(CC)NC. The molecule has 0 rings (SSSR count).